The van der Waals surface area contributed by atoms with Gasteiger partial charge in [-0.3, -0.25) is 9.69 Å². The molecule has 172 valence electrons. The van der Waals surface area contributed by atoms with Crippen molar-refractivity contribution in [2.24, 2.45) is 0 Å². The molecule has 5 heteroatoms. The lowest BCUT2D eigenvalue weighted by Gasteiger charge is -2.46. The molecule has 2 fully saturated rings. The van der Waals surface area contributed by atoms with Crippen LogP contribution in [0, 0.1) is 0 Å². The summed E-state index contributed by atoms with van der Waals surface area (Å²) in [6, 6.07) is 29.7. The molecule has 3 aromatic carbocycles. The second kappa shape index (κ2) is 9.09. The second-order valence-electron chi connectivity index (χ2n) is 9.40. The highest BCUT2D eigenvalue weighted by Crippen LogP contribution is 2.31. The van der Waals surface area contributed by atoms with Crippen LogP contribution in [0.15, 0.2) is 84.9 Å². The quantitative estimate of drug-likeness (QED) is 0.490. The molecule has 1 atom stereocenters. The van der Waals surface area contributed by atoms with Crippen molar-refractivity contribution in [3.05, 3.63) is 90.5 Å². The van der Waals surface area contributed by atoms with Gasteiger partial charge in [-0.15, -0.1) is 0 Å². The predicted octanol–water partition coefficient (Wildman–Crippen LogP) is 4.41. The number of carbonyl (C=O) groups is 1. The summed E-state index contributed by atoms with van der Waals surface area (Å²) < 4.78 is 0. The molecule has 2 saturated heterocycles. The van der Waals surface area contributed by atoms with E-state index in [0.29, 0.717) is 12.6 Å². The van der Waals surface area contributed by atoms with E-state index in [1.54, 1.807) is 0 Å². The average Bonchev–Trinajstić information content (AvgIpc) is 3.27. The molecule has 3 heterocycles. The summed E-state index contributed by atoms with van der Waals surface area (Å²) in [7, 11) is 0. The van der Waals surface area contributed by atoms with E-state index in [9.17, 15) is 4.79 Å². The number of aromatic amines is 1. The molecule has 2 aliphatic rings. The number of nitrogens with one attached hydrogen (secondary N) is 1. The zero-order valence-electron chi connectivity index (χ0n) is 19.4. The number of aromatic nitrogens is 1. The van der Waals surface area contributed by atoms with E-state index in [-0.39, 0.29) is 5.91 Å². The Labute approximate surface area is 200 Å². The molecule has 1 unspecified atom stereocenters. The Kier molecular flexibility index (Phi) is 5.65. The molecule has 2 aliphatic heterocycles. The Morgan fingerprint density at radius 1 is 0.824 bits per heavy atom. The standard InChI is InChI=1S/C29H30N4O/c34-28-21-32-18-17-31(19-24(32)20-33(28)23-11-5-2-6-12-23)16-15-26-25-13-7-8-14-27(25)30-29(26)22-9-3-1-4-10-22/h1-14,24,30H,15-21H2. The number of anilines is 1. The number of fused-ring (bicyclic) bond motifs is 2. The number of benzene rings is 3. The van der Waals surface area contributed by atoms with Gasteiger partial charge in [0.1, 0.15) is 0 Å². The minimum Gasteiger partial charge on any atom is -0.354 e. The van der Waals surface area contributed by atoms with Crippen LogP contribution in [0.4, 0.5) is 5.69 Å². The molecule has 1 aromatic heterocycles. The number of hydrogen-bond acceptors (Lipinski definition) is 3. The van der Waals surface area contributed by atoms with Crippen LogP contribution in [0.3, 0.4) is 0 Å². The highest BCUT2D eigenvalue weighted by molar-refractivity contribution is 5.95. The Hall–Kier alpha value is -3.41. The fourth-order valence-electron chi connectivity index (χ4n) is 5.55. The third-order valence-corrected chi connectivity index (χ3v) is 7.34. The van der Waals surface area contributed by atoms with E-state index >= 15 is 0 Å². The lowest BCUT2D eigenvalue weighted by Crippen LogP contribution is -2.64. The van der Waals surface area contributed by atoms with Crippen molar-refractivity contribution in [1.29, 1.82) is 0 Å². The largest absolute Gasteiger partial charge is 0.354 e. The maximum Gasteiger partial charge on any atom is 0.241 e. The lowest BCUT2D eigenvalue weighted by atomic mass is 10.0. The predicted molar refractivity (Wildman–Crippen MR) is 138 cm³/mol. The van der Waals surface area contributed by atoms with Gasteiger partial charge in [-0.05, 0) is 35.7 Å². The number of nitrogens with zero attached hydrogens (tertiary/aromatic N) is 3. The third-order valence-electron chi connectivity index (χ3n) is 7.34. The Morgan fingerprint density at radius 2 is 1.56 bits per heavy atom. The monoisotopic (exact) mass is 450 g/mol. The highest BCUT2D eigenvalue weighted by Gasteiger charge is 2.36. The van der Waals surface area contributed by atoms with Crippen molar-refractivity contribution in [3.8, 4) is 11.3 Å². The summed E-state index contributed by atoms with van der Waals surface area (Å²) in [6.07, 6.45) is 1.00. The van der Waals surface area contributed by atoms with Crippen LogP contribution in [0.25, 0.3) is 22.2 Å². The van der Waals surface area contributed by atoms with Crippen LogP contribution in [0.1, 0.15) is 5.56 Å². The first-order valence-electron chi connectivity index (χ1n) is 12.2. The summed E-state index contributed by atoms with van der Waals surface area (Å²) >= 11 is 0. The number of para-hydroxylation sites is 2. The van der Waals surface area contributed by atoms with Gasteiger partial charge >= 0.3 is 0 Å². The number of rotatable bonds is 5. The Bertz CT molecular complexity index is 1280. The van der Waals surface area contributed by atoms with Crippen molar-refractivity contribution < 1.29 is 4.79 Å². The van der Waals surface area contributed by atoms with Crippen molar-refractivity contribution >= 4 is 22.5 Å². The zero-order valence-corrected chi connectivity index (χ0v) is 19.4. The number of amides is 1. The topological polar surface area (TPSA) is 42.6 Å². The highest BCUT2D eigenvalue weighted by atomic mass is 16.2. The van der Waals surface area contributed by atoms with Gasteiger partial charge in [0.25, 0.3) is 0 Å². The molecule has 6 rings (SSSR count). The van der Waals surface area contributed by atoms with Crippen LogP contribution in [0.2, 0.25) is 0 Å². The fraction of sp³-hybridized carbons (Fsp3) is 0.276. The van der Waals surface area contributed by atoms with E-state index in [4.69, 9.17) is 0 Å². The van der Waals surface area contributed by atoms with Crippen LogP contribution < -0.4 is 4.90 Å². The van der Waals surface area contributed by atoms with Gasteiger partial charge < -0.3 is 14.8 Å². The van der Waals surface area contributed by atoms with Gasteiger partial charge in [0.2, 0.25) is 5.91 Å². The first-order valence-corrected chi connectivity index (χ1v) is 12.2. The van der Waals surface area contributed by atoms with Crippen molar-refractivity contribution in [1.82, 2.24) is 14.8 Å². The molecule has 1 amide bonds. The third kappa shape index (κ3) is 4.02. The molecule has 0 saturated carbocycles. The van der Waals surface area contributed by atoms with Gasteiger partial charge in [-0.1, -0.05) is 66.7 Å². The summed E-state index contributed by atoms with van der Waals surface area (Å²) in [5.41, 5.74) is 6.08. The first kappa shape index (κ1) is 21.1. The van der Waals surface area contributed by atoms with Crippen LogP contribution in [-0.2, 0) is 11.2 Å². The Balaban J connectivity index is 1.19. The average molecular weight is 451 g/mol. The molecule has 1 N–H and O–H groups in total. The maximum absolute atomic E-state index is 12.8. The van der Waals surface area contributed by atoms with Gasteiger partial charge in [0.15, 0.2) is 0 Å². The minimum atomic E-state index is 0.210. The molecule has 0 spiro atoms. The molecular weight excluding hydrogens is 420 g/mol. The minimum absolute atomic E-state index is 0.210. The van der Waals surface area contributed by atoms with Gasteiger partial charge in [-0.2, -0.15) is 0 Å². The van der Waals surface area contributed by atoms with Gasteiger partial charge in [0.05, 0.1) is 6.54 Å². The number of hydrogen-bond donors (Lipinski definition) is 1. The molecular formula is C29H30N4O. The maximum atomic E-state index is 12.8. The van der Waals surface area contributed by atoms with E-state index in [0.717, 1.165) is 44.8 Å². The van der Waals surface area contributed by atoms with Crippen LogP contribution in [-0.4, -0.2) is 66.0 Å². The van der Waals surface area contributed by atoms with Crippen molar-refractivity contribution in [2.45, 2.75) is 12.5 Å². The number of H-pyrrole nitrogens is 1. The van der Waals surface area contributed by atoms with E-state index in [1.807, 2.05) is 35.2 Å². The smallest absolute Gasteiger partial charge is 0.241 e. The summed E-state index contributed by atoms with van der Waals surface area (Å²) in [4.78, 5) is 23.4. The molecule has 4 aromatic rings. The van der Waals surface area contributed by atoms with Crippen LogP contribution in [0.5, 0.6) is 0 Å². The number of piperazine rings is 2. The summed E-state index contributed by atoms with van der Waals surface area (Å²) in [6.45, 7) is 5.28. The second-order valence-corrected chi connectivity index (χ2v) is 9.40. The zero-order chi connectivity index (χ0) is 22.9. The van der Waals surface area contributed by atoms with Gasteiger partial charge in [0, 0.05) is 61.0 Å². The van der Waals surface area contributed by atoms with Crippen molar-refractivity contribution in [2.75, 3.05) is 44.2 Å². The summed E-state index contributed by atoms with van der Waals surface area (Å²) in [5.74, 6) is 0.210. The summed E-state index contributed by atoms with van der Waals surface area (Å²) in [5, 5.41) is 1.32. The molecule has 0 bridgehead atoms. The fourth-order valence-corrected chi connectivity index (χ4v) is 5.55. The van der Waals surface area contributed by atoms with Crippen molar-refractivity contribution in [3.63, 3.8) is 0 Å². The molecule has 5 nitrogen and oxygen atoms in total. The lowest BCUT2D eigenvalue weighted by molar-refractivity contribution is -0.123. The van der Waals surface area contributed by atoms with E-state index < -0.39 is 0 Å². The SMILES string of the molecule is O=C1CN2CCN(CCc3c(-c4ccccc4)[nH]c4ccccc34)CC2CN1c1ccccc1. The van der Waals surface area contributed by atoms with Crippen LogP contribution >= 0.6 is 0 Å². The van der Waals surface area contributed by atoms with E-state index in [2.05, 4.69) is 69.4 Å². The molecule has 0 aliphatic carbocycles. The van der Waals surface area contributed by atoms with Gasteiger partial charge in [-0.25, -0.2) is 0 Å². The normalized spacial score (nSPS) is 19.5. The first-order chi connectivity index (χ1) is 16.8. The molecule has 34 heavy (non-hydrogen) atoms. The Morgan fingerprint density at radius 3 is 2.38 bits per heavy atom. The molecule has 0 radical (unpaired) electrons. The van der Waals surface area contributed by atoms with E-state index in [1.165, 1.54) is 27.7 Å². The number of carbonyl (C=O) groups excluding carboxylic acids is 1.